The van der Waals surface area contributed by atoms with E-state index in [1.54, 1.807) is 5.38 Å². The Morgan fingerprint density at radius 3 is 2.79 bits per heavy atom. The van der Waals surface area contributed by atoms with Gasteiger partial charge in [-0.2, -0.15) is 11.3 Å². The van der Waals surface area contributed by atoms with Gasteiger partial charge in [0.1, 0.15) is 0 Å². The largest absolute Gasteiger partial charge is 0.478 e. The maximum absolute atomic E-state index is 10.6. The lowest BCUT2D eigenvalue weighted by Crippen LogP contribution is -1.97. The lowest BCUT2D eigenvalue weighted by Gasteiger charge is -1.88. The molecule has 0 aliphatic carbocycles. The number of carboxylic acids is 1. The predicted molar refractivity (Wildman–Crippen MR) is 50.2 cm³/mol. The van der Waals surface area contributed by atoms with Crippen LogP contribution in [0.15, 0.2) is 10.8 Å². The molecule has 14 heavy (non-hydrogen) atoms. The van der Waals surface area contributed by atoms with Crippen molar-refractivity contribution in [2.75, 3.05) is 7.11 Å². The molecule has 5 heteroatoms. The van der Waals surface area contributed by atoms with E-state index < -0.39 is 11.9 Å². The van der Waals surface area contributed by atoms with Crippen LogP contribution in [0, 0.1) is 11.8 Å². The van der Waals surface area contributed by atoms with Gasteiger partial charge in [0.05, 0.1) is 18.2 Å². The molecular formula is C9H6O4S. The van der Waals surface area contributed by atoms with Crippen molar-refractivity contribution in [3.8, 4) is 11.8 Å². The summed E-state index contributed by atoms with van der Waals surface area (Å²) in [6.45, 7) is 0. The Labute approximate surface area is 84.1 Å². The van der Waals surface area contributed by atoms with E-state index in [9.17, 15) is 9.59 Å². The minimum atomic E-state index is -1.06. The zero-order chi connectivity index (χ0) is 10.6. The third-order valence-electron chi connectivity index (χ3n) is 1.38. The SMILES string of the molecule is COC(=O)C#Cc1cscc1C(=O)O. The van der Waals surface area contributed by atoms with E-state index in [1.165, 1.54) is 23.8 Å². The molecule has 0 bridgehead atoms. The van der Waals surface area contributed by atoms with Gasteiger partial charge in [-0.1, -0.05) is 5.92 Å². The summed E-state index contributed by atoms with van der Waals surface area (Å²) >= 11 is 1.22. The highest BCUT2D eigenvalue weighted by atomic mass is 32.1. The Balaban J connectivity index is 2.95. The fourth-order valence-corrected chi connectivity index (χ4v) is 1.48. The van der Waals surface area contributed by atoms with E-state index in [2.05, 4.69) is 16.6 Å². The maximum Gasteiger partial charge on any atom is 0.384 e. The Hall–Kier alpha value is -1.80. The van der Waals surface area contributed by atoms with Gasteiger partial charge in [-0.25, -0.2) is 9.59 Å². The number of aromatic carboxylic acids is 1. The molecule has 0 saturated carbocycles. The second kappa shape index (κ2) is 4.44. The minimum absolute atomic E-state index is 0.103. The van der Waals surface area contributed by atoms with Gasteiger partial charge < -0.3 is 9.84 Å². The summed E-state index contributed by atoms with van der Waals surface area (Å²) in [7, 11) is 1.21. The number of methoxy groups -OCH3 is 1. The molecule has 1 N–H and O–H groups in total. The number of ether oxygens (including phenoxy) is 1. The van der Waals surface area contributed by atoms with Gasteiger partial charge in [0.15, 0.2) is 0 Å². The van der Waals surface area contributed by atoms with Crippen molar-refractivity contribution in [3.63, 3.8) is 0 Å². The monoisotopic (exact) mass is 210 g/mol. The van der Waals surface area contributed by atoms with Crippen LogP contribution in [-0.2, 0) is 9.53 Å². The van der Waals surface area contributed by atoms with Gasteiger partial charge in [0, 0.05) is 16.7 Å². The third-order valence-corrected chi connectivity index (χ3v) is 2.12. The first kappa shape index (κ1) is 10.3. The molecule has 0 aromatic carbocycles. The Morgan fingerprint density at radius 1 is 1.50 bits per heavy atom. The van der Waals surface area contributed by atoms with Gasteiger partial charge in [-0.15, -0.1) is 0 Å². The first-order valence-electron chi connectivity index (χ1n) is 3.54. The van der Waals surface area contributed by atoms with Crippen LogP contribution in [0.25, 0.3) is 0 Å². The molecule has 0 fully saturated rings. The molecular weight excluding hydrogens is 204 g/mol. The molecule has 1 aromatic heterocycles. The molecule has 4 nitrogen and oxygen atoms in total. The van der Waals surface area contributed by atoms with Crippen molar-refractivity contribution >= 4 is 23.3 Å². The van der Waals surface area contributed by atoms with E-state index in [4.69, 9.17) is 5.11 Å². The van der Waals surface area contributed by atoms with E-state index in [0.717, 1.165) is 0 Å². The number of carbonyl (C=O) groups excluding carboxylic acids is 1. The Bertz CT molecular complexity index is 422. The van der Waals surface area contributed by atoms with E-state index in [-0.39, 0.29) is 5.56 Å². The standard InChI is InChI=1S/C9H6O4S/c1-13-8(10)3-2-6-4-14-5-7(6)9(11)12/h4-5H,1H3,(H,11,12). The fourth-order valence-electron chi connectivity index (χ4n) is 0.729. The van der Waals surface area contributed by atoms with Crippen LogP contribution < -0.4 is 0 Å². The number of thiophene rings is 1. The van der Waals surface area contributed by atoms with Gasteiger partial charge in [-0.3, -0.25) is 0 Å². The van der Waals surface area contributed by atoms with Gasteiger partial charge >= 0.3 is 11.9 Å². The summed E-state index contributed by atoms with van der Waals surface area (Å²) in [5.41, 5.74) is 0.430. The molecule has 1 heterocycles. The van der Waals surface area contributed by atoms with Crippen LogP contribution in [-0.4, -0.2) is 24.2 Å². The predicted octanol–water partition coefficient (Wildman–Crippen LogP) is 0.971. The second-order valence-corrected chi connectivity index (χ2v) is 2.99. The fraction of sp³-hybridized carbons (Fsp3) is 0.111. The molecule has 0 atom stereocenters. The van der Waals surface area contributed by atoms with Crippen LogP contribution >= 0.6 is 11.3 Å². The maximum atomic E-state index is 10.6. The van der Waals surface area contributed by atoms with Crippen molar-refractivity contribution in [2.24, 2.45) is 0 Å². The molecule has 0 saturated heterocycles. The van der Waals surface area contributed by atoms with Crippen molar-refractivity contribution in [2.45, 2.75) is 0 Å². The van der Waals surface area contributed by atoms with E-state index in [0.29, 0.717) is 5.56 Å². The zero-order valence-corrected chi connectivity index (χ0v) is 8.05. The van der Waals surface area contributed by atoms with Crippen LogP contribution in [0.2, 0.25) is 0 Å². The molecule has 0 aliphatic heterocycles. The highest BCUT2D eigenvalue weighted by Gasteiger charge is 2.08. The van der Waals surface area contributed by atoms with Gasteiger partial charge in [-0.05, 0) is 0 Å². The summed E-state index contributed by atoms with van der Waals surface area (Å²) in [5, 5.41) is 11.7. The summed E-state index contributed by atoms with van der Waals surface area (Å²) < 4.78 is 4.29. The van der Waals surface area contributed by atoms with Crippen molar-refractivity contribution in [1.82, 2.24) is 0 Å². The molecule has 0 spiro atoms. The molecule has 0 amide bonds. The zero-order valence-electron chi connectivity index (χ0n) is 7.23. The van der Waals surface area contributed by atoms with Gasteiger partial charge in [0.2, 0.25) is 0 Å². The average Bonchev–Trinajstić information content (AvgIpc) is 2.62. The highest BCUT2D eigenvalue weighted by Crippen LogP contribution is 2.13. The van der Waals surface area contributed by atoms with E-state index >= 15 is 0 Å². The lowest BCUT2D eigenvalue weighted by molar-refractivity contribution is -0.133. The number of esters is 1. The summed E-state index contributed by atoms with van der Waals surface area (Å²) in [4.78, 5) is 21.3. The third kappa shape index (κ3) is 2.34. The first-order chi connectivity index (χ1) is 6.65. The summed E-state index contributed by atoms with van der Waals surface area (Å²) in [6.07, 6.45) is 0. The molecule has 1 aromatic rings. The Morgan fingerprint density at radius 2 is 2.21 bits per heavy atom. The molecule has 0 aliphatic rings. The normalized spacial score (nSPS) is 8.64. The average molecular weight is 210 g/mol. The quantitative estimate of drug-likeness (QED) is 0.554. The molecule has 1 rings (SSSR count). The number of hydrogen-bond acceptors (Lipinski definition) is 4. The van der Waals surface area contributed by atoms with Crippen LogP contribution in [0.5, 0.6) is 0 Å². The Kier molecular flexibility index (Phi) is 3.26. The van der Waals surface area contributed by atoms with Crippen LogP contribution in [0.1, 0.15) is 15.9 Å². The van der Waals surface area contributed by atoms with Crippen molar-refractivity contribution in [1.29, 1.82) is 0 Å². The van der Waals surface area contributed by atoms with Crippen LogP contribution in [0.4, 0.5) is 0 Å². The number of rotatable bonds is 1. The summed E-state index contributed by atoms with van der Waals surface area (Å²) in [5.74, 6) is 2.85. The van der Waals surface area contributed by atoms with Crippen molar-refractivity contribution in [3.05, 3.63) is 21.9 Å². The lowest BCUT2D eigenvalue weighted by atomic mass is 10.2. The molecule has 0 unspecified atom stereocenters. The van der Waals surface area contributed by atoms with E-state index in [1.807, 2.05) is 0 Å². The van der Waals surface area contributed by atoms with Crippen LogP contribution in [0.3, 0.4) is 0 Å². The topological polar surface area (TPSA) is 63.6 Å². The minimum Gasteiger partial charge on any atom is -0.478 e. The molecule has 0 radical (unpaired) electrons. The second-order valence-electron chi connectivity index (χ2n) is 2.25. The summed E-state index contributed by atoms with van der Waals surface area (Å²) in [6, 6.07) is 0. The highest BCUT2D eigenvalue weighted by molar-refractivity contribution is 7.08. The smallest absolute Gasteiger partial charge is 0.384 e. The molecule has 72 valence electrons. The number of carbonyl (C=O) groups is 2. The number of carboxylic acid groups (broad SMARTS) is 1. The first-order valence-corrected chi connectivity index (χ1v) is 4.49. The van der Waals surface area contributed by atoms with Crippen molar-refractivity contribution < 1.29 is 19.4 Å². The number of hydrogen-bond donors (Lipinski definition) is 1. The van der Waals surface area contributed by atoms with Gasteiger partial charge in [0.25, 0.3) is 0 Å².